The largest absolute Gasteiger partial charge is 0.504 e. The molecule has 5 atom stereocenters. The number of ether oxygens (including phenoxy) is 3. The third kappa shape index (κ3) is 4.28. The van der Waals surface area contributed by atoms with Gasteiger partial charge in [-0.1, -0.05) is 0 Å². The van der Waals surface area contributed by atoms with Gasteiger partial charge < -0.3 is 39.7 Å². The smallest absolute Gasteiger partial charge is 0.339 e. The zero-order valence-corrected chi connectivity index (χ0v) is 20.9. The minimum absolute atomic E-state index is 0.0122. The molecule has 5 N–H and O–H groups in total. The number of carbonyl (C=O) groups is 1. The summed E-state index contributed by atoms with van der Waals surface area (Å²) in [6.07, 6.45) is -7.01. The van der Waals surface area contributed by atoms with Gasteiger partial charge in [0.25, 0.3) is 10.2 Å². The molecule has 3 aliphatic rings. The standard InChI is InChI=1S/C21H31N3O11S/c1-22(2)36(31,32)24-6-4-23(5-7-24)8-10-12-13(16(28)19(33-3)14(10)26)18-20(35-21(12)30)17(29)15(27)11(9-25)34-18/h11,15,17-18,20,25-29H,4-9H2,1-3H3/t11-,15-,17+,18-,20-/m1/s1. The Kier molecular flexibility index (Phi) is 7.38. The molecule has 1 aromatic rings. The summed E-state index contributed by atoms with van der Waals surface area (Å²) in [5, 5.41) is 52.1. The van der Waals surface area contributed by atoms with Crippen LogP contribution in [-0.4, -0.2) is 132 Å². The highest BCUT2D eigenvalue weighted by Crippen LogP contribution is 2.52. The number of phenolic OH excluding ortho intramolecular Hbond substituents is 2. The number of esters is 1. The van der Waals surface area contributed by atoms with Crippen LogP contribution < -0.4 is 4.74 Å². The monoisotopic (exact) mass is 533 g/mol. The van der Waals surface area contributed by atoms with Crippen molar-refractivity contribution >= 4 is 16.2 Å². The van der Waals surface area contributed by atoms with Crippen LogP contribution in [0.4, 0.5) is 0 Å². The first kappa shape index (κ1) is 26.8. The van der Waals surface area contributed by atoms with Gasteiger partial charge in [0.15, 0.2) is 17.6 Å². The van der Waals surface area contributed by atoms with Crippen LogP contribution in [0.2, 0.25) is 0 Å². The molecule has 14 nitrogen and oxygen atoms in total. The second-order valence-corrected chi connectivity index (χ2v) is 11.2. The average Bonchev–Trinajstić information content (AvgIpc) is 2.84. The number of methoxy groups -OCH3 is 1. The number of nitrogens with zero attached hydrogens (tertiary/aromatic N) is 3. The van der Waals surface area contributed by atoms with E-state index >= 15 is 0 Å². The number of hydrogen-bond acceptors (Lipinski definition) is 12. The lowest BCUT2D eigenvalue weighted by Gasteiger charge is -2.45. The maximum Gasteiger partial charge on any atom is 0.339 e. The topological polar surface area (TPSA) is 190 Å². The molecule has 0 aliphatic carbocycles. The van der Waals surface area contributed by atoms with E-state index in [4.69, 9.17) is 14.2 Å². The summed E-state index contributed by atoms with van der Waals surface area (Å²) in [4.78, 5) is 14.9. The van der Waals surface area contributed by atoms with Gasteiger partial charge >= 0.3 is 5.97 Å². The predicted molar refractivity (Wildman–Crippen MR) is 122 cm³/mol. The number of hydrogen-bond donors (Lipinski definition) is 5. The molecular formula is C21H31N3O11S. The molecule has 36 heavy (non-hydrogen) atoms. The molecule has 3 heterocycles. The van der Waals surface area contributed by atoms with Gasteiger partial charge in [-0.3, -0.25) is 4.90 Å². The molecule has 2 fully saturated rings. The molecule has 202 valence electrons. The number of aliphatic hydroxyl groups excluding tert-OH is 3. The Hall–Kier alpha value is -2.24. The number of aromatic hydroxyl groups is 2. The Balaban J connectivity index is 1.71. The molecule has 1 aromatic carbocycles. The molecule has 0 unspecified atom stereocenters. The Morgan fingerprint density at radius 3 is 2.28 bits per heavy atom. The molecule has 0 saturated carbocycles. The predicted octanol–water partition coefficient (Wildman–Crippen LogP) is -2.28. The van der Waals surface area contributed by atoms with Crippen molar-refractivity contribution in [2.75, 3.05) is 54.0 Å². The molecule has 4 rings (SSSR count). The van der Waals surface area contributed by atoms with E-state index in [1.54, 1.807) is 0 Å². The fourth-order valence-corrected chi connectivity index (χ4v) is 5.92. The van der Waals surface area contributed by atoms with Gasteiger partial charge in [-0.2, -0.15) is 17.0 Å². The lowest BCUT2D eigenvalue weighted by molar-refractivity contribution is -0.235. The summed E-state index contributed by atoms with van der Waals surface area (Å²) in [5.41, 5.74) is -0.216. The molecule has 3 aliphatic heterocycles. The van der Waals surface area contributed by atoms with E-state index in [9.17, 15) is 38.7 Å². The van der Waals surface area contributed by atoms with E-state index in [2.05, 4.69) is 0 Å². The number of phenols is 2. The first-order chi connectivity index (χ1) is 16.9. The Morgan fingerprint density at radius 1 is 1.08 bits per heavy atom. The SMILES string of the molecule is COc1c(O)c(CN2CCN(S(=O)(=O)N(C)C)CC2)c2c(c1O)[C@H]1O[C@H](CO)[C@@H](O)[C@H](O)[C@H]1OC2=O. The van der Waals surface area contributed by atoms with Crippen LogP contribution in [-0.2, 0) is 26.2 Å². The van der Waals surface area contributed by atoms with Crippen molar-refractivity contribution in [2.45, 2.75) is 37.1 Å². The summed E-state index contributed by atoms with van der Waals surface area (Å²) in [5.74, 6) is -2.37. The lowest BCUT2D eigenvalue weighted by atomic mass is 9.84. The van der Waals surface area contributed by atoms with E-state index in [1.807, 2.05) is 4.90 Å². The summed E-state index contributed by atoms with van der Waals surface area (Å²) in [6, 6.07) is 0. The van der Waals surface area contributed by atoms with Crippen LogP contribution in [0.25, 0.3) is 0 Å². The van der Waals surface area contributed by atoms with Crippen LogP contribution in [0, 0.1) is 0 Å². The molecular weight excluding hydrogens is 502 g/mol. The third-order valence-corrected chi connectivity index (χ3v) is 8.79. The minimum Gasteiger partial charge on any atom is -0.504 e. The number of carbonyl (C=O) groups excluding carboxylic acids is 1. The lowest BCUT2D eigenvalue weighted by Crippen LogP contribution is -2.58. The van der Waals surface area contributed by atoms with Gasteiger partial charge in [0.1, 0.15) is 24.4 Å². The van der Waals surface area contributed by atoms with Crippen molar-refractivity contribution in [1.82, 2.24) is 13.5 Å². The third-order valence-electron chi connectivity index (χ3n) is 6.85. The summed E-state index contributed by atoms with van der Waals surface area (Å²) < 4.78 is 43.5. The molecule has 0 radical (unpaired) electrons. The Bertz CT molecular complexity index is 1120. The maximum atomic E-state index is 13.1. The van der Waals surface area contributed by atoms with Gasteiger partial charge in [0.2, 0.25) is 5.75 Å². The number of rotatable bonds is 6. The van der Waals surface area contributed by atoms with Gasteiger partial charge in [-0.05, 0) is 0 Å². The fraction of sp³-hybridized carbons (Fsp3) is 0.667. The van der Waals surface area contributed by atoms with E-state index in [0.717, 1.165) is 4.31 Å². The summed E-state index contributed by atoms with van der Waals surface area (Å²) in [6.45, 7) is 0.285. The Labute approximate surface area is 208 Å². The van der Waals surface area contributed by atoms with Crippen molar-refractivity contribution in [1.29, 1.82) is 0 Å². The van der Waals surface area contributed by atoms with E-state index in [1.165, 1.54) is 25.5 Å². The molecule has 2 saturated heterocycles. The molecule has 0 aromatic heterocycles. The number of piperazine rings is 1. The average molecular weight is 534 g/mol. The van der Waals surface area contributed by atoms with Gasteiger partial charge in [-0.25, -0.2) is 4.79 Å². The summed E-state index contributed by atoms with van der Waals surface area (Å²) in [7, 11) is 0.507. The number of fused-ring (bicyclic) bond motifs is 3. The number of benzene rings is 1. The van der Waals surface area contributed by atoms with Gasteiger partial charge in [0, 0.05) is 57.9 Å². The fourth-order valence-electron chi connectivity index (χ4n) is 4.84. The zero-order chi connectivity index (χ0) is 26.5. The van der Waals surface area contributed by atoms with Crippen molar-refractivity contribution in [3.05, 3.63) is 16.7 Å². The summed E-state index contributed by atoms with van der Waals surface area (Å²) >= 11 is 0. The van der Waals surface area contributed by atoms with E-state index in [0.29, 0.717) is 13.1 Å². The molecule has 0 amide bonds. The van der Waals surface area contributed by atoms with Crippen molar-refractivity contribution in [3.8, 4) is 17.2 Å². The molecule has 15 heteroatoms. The van der Waals surface area contributed by atoms with E-state index in [-0.39, 0.29) is 42.1 Å². The Morgan fingerprint density at radius 2 is 1.72 bits per heavy atom. The van der Waals surface area contributed by atoms with Crippen molar-refractivity contribution < 1.29 is 53.0 Å². The van der Waals surface area contributed by atoms with E-state index < -0.39 is 64.8 Å². The van der Waals surface area contributed by atoms with Crippen molar-refractivity contribution in [3.63, 3.8) is 0 Å². The first-order valence-electron chi connectivity index (χ1n) is 11.3. The highest BCUT2D eigenvalue weighted by atomic mass is 32.2. The second-order valence-electron chi connectivity index (χ2n) is 9.09. The second kappa shape index (κ2) is 9.90. The van der Waals surface area contributed by atoms with Crippen LogP contribution in [0.5, 0.6) is 17.2 Å². The van der Waals surface area contributed by atoms with Crippen LogP contribution in [0.1, 0.15) is 27.6 Å². The number of aliphatic hydroxyl groups is 3. The highest BCUT2D eigenvalue weighted by molar-refractivity contribution is 7.86. The van der Waals surface area contributed by atoms with Crippen molar-refractivity contribution in [2.24, 2.45) is 0 Å². The maximum absolute atomic E-state index is 13.1. The van der Waals surface area contributed by atoms with Crippen LogP contribution in [0.15, 0.2) is 0 Å². The van der Waals surface area contributed by atoms with Gasteiger partial charge in [0.05, 0.1) is 19.3 Å². The minimum atomic E-state index is -3.59. The molecule has 0 spiro atoms. The highest BCUT2D eigenvalue weighted by Gasteiger charge is 2.53. The van der Waals surface area contributed by atoms with Gasteiger partial charge in [-0.15, -0.1) is 0 Å². The van der Waals surface area contributed by atoms with Crippen LogP contribution >= 0.6 is 0 Å². The first-order valence-corrected chi connectivity index (χ1v) is 12.7. The quantitative estimate of drug-likeness (QED) is 0.247. The molecule has 0 bridgehead atoms. The van der Waals surface area contributed by atoms with Crippen LogP contribution in [0.3, 0.4) is 0 Å². The zero-order valence-electron chi connectivity index (χ0n) is 20.1. The normalized spacial score (nSPS) is 29.5.